The minimum atomic E-state index is -0.374. The molecule has 2 aromatic rings. The van der Waals surface area contributed by atoms with Gasteiger partial charge in [0.15, 0.2) is 0 Å². The summed E-state index contributed by atoms with van der Waals surface area (Å²) in [7, 11) is 0. The van der Waals surface area contributed by atoms with E-state index in [1.165, 1.54) is 48.1 Å². The van der Waals surface area contributed by atoms with Crippen LogP contribution in [0.3, 0.4) is 0 Å². The standard InChI is InChI=1S/C23H23FN2O2S/c1-2-29-21-20(16-6-8-17(24)9-7-16)22(27)26(23(21)28)19-12-10-18(11-13-19)25-14-4-3-5-15-25/h6-13H,2-5,14-15H2,1H3. The first kappa shape index (κ1) is 19.7. The Morgan fingerprint density at radius 3 is 2.10 bits per heavy atom. The first-order valence-corrected chi connectivity index (χ1v) is 11.0. The number of hydrogen-bond acceptors (Lipinski definition) is 4. The maximum atomic E-state index is 13.3. The van der Waals surface area contributed by atoms with Crippen molar-refractivity contribution in [3.63, 3.8) is 0 Å². The van der Waals surface area contributed by atoms with Crippen LogP contribution in [0, 0.1) is 5.82 Å². The van der Waals surface area contributed by atoms with Gasteiger partial charge in [0.1, 0.15) is 5.82 Å². The van der Waals surface area contributed by atoms with Crippen LogP contribution in [0.15, 0.2) is 53.4 Å². The minimum Gasteiger partial charge on any atom is -0.372 e. The Hall–Kier alpha value is -2.60. The summed E-state index contributed by atoms with van der Waals surface area (Å²) < 4.78 is 13.3. The van der Waals surface area contributed by atoms with E-state index in [0.717, 1.165) is 18.8 Å². The summed E-state index contributed by atoms with van der Waals surface area (Å²) in [6, 6.07) is 13.3. The summed E-state index contributed by atoms with van der Waals surface area (Å²) in [6.07, 6.45) is 3.64. The second-order valence-electron chi connectivity index (χ2n) is 7.15. The Morgan fingerprint density at radius 1 is 0.862 bits per heavy atom. The number of rotatable bonds is 5. The molecule has 2 amide bonds. The minimum absolute atomic E-state index is 0.313. The number of nitrogens with zero attached hydrogens (tertiary/aromatic N) is 2. The van der Waals surface area contributed by atoms with E-state index in [1.807, 2.05) is 31.2 Å². The maximum Gasteiger partial charge on any atom is 0.272 e. The maximum absolute atomic E-state index is 13.3. The Morgan fingerprint density at radius 2 is 1.48 bits per heavy atom. The van der Waals surface area contributed by atoms with Crippen LogP contribution >= 0.6 is 11.8 Å². The Labute approximate surface area is 174 Å². The number of carbonyl (C=O) groups is 2. The van der Waals surface area contributed by atoms with Crippen LogP contribution in [0.4, 0.5) is 15.8 Å². The summed E-state index contributed by atoms with van der Waals surface area (Å²) in [4.78, 5) is 30.3. The van der Waals surface area contributed by atoms with Crippen LogP contribution in [0.2, 0.25) is 0 Å². The molecular formula is C23H23FN2O2S. The van der Waals surface area contributed by atoms with Gasteiger partial charge in [-0.05, 0) is 67.0 Å². The van der Waals surface area contributed by atoms with E-state index < -0.39 is 0 Å². The lowest BCUT2D eigenvalue weighted by Crippen LogP contribution is -2.32. The molecule has 2 heterocycles. The van der Waals surface area contributed by atoms with Crippen LogP contribution in [-0.4, -0.2) is 30.7 Å². The monoisotopic (exact) mass is 410 g/mol. The zero-order valence-electron chi connectivity index (χ0n) is 16.4. The van der Waals surface area contributed by atoms with Gasteiger partial charge in [0.25, 0.3) is 11.8 Å². The molecule has 2 aromatic carbocycles. The Kier molecular flexibility index (Phi) is 5.72. The highest BCUT2D eigenvalue weighted by Gasteiger charge is 2.40. The van der Waals surface area contributed by atoms with Crippen molar-refractivity contribution in [2.45, 2.75) is 26.2 Å². The number of halogens is 1. The molecular weight excluding hydrogens is 387 g/mol. The van der Waals surface area contributed by atoms with Crippen molar-refractivity contribution in [2.24, 2.45) is 0 Å². The molecule has 1 saturated heterocycles. The first-order valence-electron chi connectivity index (χ1n) is 9.97. The fourth-order valence-corrected chi connectivity index (χ4v) is 4.71. The average Bonchev–Trinajstić information content (AvgIpc) is 2.99. The van der Waals surface area contributed by atoms with Crippen LogP contribution < -0.4 is 9.80 Å². The van der Waals surface area contributed by atoms with E-state index >= 15 is 0 Å². The van der Waals surface area contributed by atoms with Crippen LogP contribution in [0.1, 0.15) is 31.7 Å². The molecule has 0 bridgehead atoms. The van der Waals surface area contributed by atoms with Crippen molar-refractivity contribution < 1.29 is 14.0 Å². The normalized spacial score (nSPS) is 17.4. The molecule has 29 heavy (non-hydrogen) atoms. The number of thioether (sulfide) groups is 1. The summed E-state index contributed by atoms with van der Waals surface area (Å²) >= 11 is 1.35. The highest BCUT2D eigenvalue weighted by atomic mass is 32.2. The molecule has 150 valence electrons. The summed E-state index contributed by atoms with van der Waals surface area (Å²) in [5, 5.41) is 0. The van der Waals surface area contributed by atoms with Crippen molar-refractivity contribution >= 4 is 40.5 Å². The lowest BCUT2D eigenvalue weighted by molar-refractivity contribution is -0.119. The van der Waals surface area contributed by atoms with Gasteiger partial charge in [-0.15, -0.1) is 11.8 Å². The molecule has 4 nitrogen and oxygen atoms in total. The molecule has 2 aliphatic rings. The lowest BCUT2D eigenvalue weighted by Gasteiger charge is -2.29. The first-order chi connectivity index (χ1) is 14.1. The molecule has 2 aliphatic heterocycles. The second-order valence-corrected chi connectivity index (χ2v) is 8.43. The molecule has 0 spiro atoms. The van der Waals surface area contributed by atoms with Crippen molar-refractivity contribution in [2.75, 3.05) is 28.6 Å². The molecule has 0 atom stereocenters. The number of amides is 2. The number of benzene rings is 2. The second kappa shape index (κ2) is 8.41. The van der Waals surface area contributed by atoms with Gasteiger partial charge >= 0.3 is 0 Å². The van der Waals surface area contributed by atoms with Crippen LogP contribution in [-0.2, 0) is 9.59 Å². The number of piperidine rings is 1. The van der Waals surface area contributed by atoms with Gasteiger partial charge in [-0.25, -0.2) is 9.29 Å². The molecule has 0 unspecified atom stereocenters. The predicted molar refractivity (Wildman–Crippen MR) is 116 cm³/mol. The van der Waals surface area contributed by atoms with Crippen LogP contribution in [0.5, 0.6) is 0 Å². The van der Waals surface area contributed by atoms with Gasteiger partial charge in [-0.1, -0.05) is 19.1 Å². The van der Waals surface area contributed by atoms with Crippen molar-refractivity contribution in [1.29, 1.82) is 0 Å². The SMILES string of the molecule is CCSC1=C(c2ccc(F)cc2)C(=O)N(c2ccc(N3CCCCC3)cc2)C1=O. The zero-order chi connectivity index (χ0) is 20.4. The van der Waals surface area contributed by atoms with Crippen molar-refractivity contribution in [3.8, 4) is 0 Å². The van der Waals surface area contributed by atoms with E-state index in [1.54, 1.807) is 12.1 Å². The third kappa shape index (κ3) is 3.81. The molecule has 6 heteroatoms. The van der Waals surface area contributed by atoms with Crippen molar-refractivity contribution in [1.82, 2.24) is 0 Å². The molecule has 0 aromatic heterocycles. The van der Waals surface area contributed by atoms with E-state index in [2.05, 4.69) is 4.90 Å². The summed E-state index contributed by atoms with van der Waals surface area (Å²) in [5.74, 6) is -0.378. The molecule has 0 N–H and O–H groups in total. The number of anilines is 2. The third-order valence-electron chi connectivity index (χ3n) is 5.29. The van der Waals surface area contributed by atoms with Gasteiger partial charge in [0, 0.05) is 18.8 Å². The number of imide groups is 1. The van der Waals surface area contributed by atoms with Gasteiger partial charge in [-0.3, -0.25) is 9.59 Å². The topological polar surface area (TPSA) is 40.6 Å². The smallest absolute Gasteiger partial charge is 0.272 e. The molecule has 0 radical (unpaired) electrons. The van der Waals surface area contributed by atoms with E-state index in [-0.39, 0.29) is 17.6 Å². The average molecular weight is 411 g/mol. The molecule has 0 saturated carbocycles. The number of hydrogen-bond donors (Lipinski definition) is 0. The highest BCUT2D eigenvalue weighted by Crippen LogP contribution is 2.38. The Balaban J connectivity index is 1.64. The molecule has 1 fully saturated rings. The lowest BCUT2D eigenvalue weighted by atomic mass is 10.1. The van der Waals surface area contributed by atoms with Gasteiger partial charge in [0.05, 0.1) is 16.2 Å². The van der Waals surface area contributed by atoms with Gasteiger partial charge in [0.2, 0.25) is 0 Å². The van der Waals surface area contributed by atoms with E-state index in [0.29, 0.717) is 27.5 Å². The highest BCUT2D eigenvalue weighted by molar-refractivity contribution is 8.04. The summed E-state index contributed by atoms with van der Waals surface area (Å²) in [6.45, 7) is 4.01. The summed E-state index contributed by atoms with van der Waals surface area (Å²) in [5.41, 5.74) is 2.59. The Bertz CT molecular complexity index is 948. The van der Waals surface area contributed by atoms with Crippen molar-refractivity contribution in [3.05, 3.63) is 64.8 Å². The molecule has 0 aliphatic carbocycles. The zero-order valence-corrected chi connectivity index (χ0v) is 17.2. The fraction of sp³-hybridized carbons (Fsp3) is 0.304. The fourth-order valence-electron chi connectivity index (χ4n) is 3.86. The van der Waals surface area contributed by atoms with E-state index in [9.17, 15) is 14.0 Å². The van der Waals surface area contributed by atoms with Gasteiger partial charge < -0.3 is 4.90 Å². The number of carbonyl (C=O) groups excluding carboxylic acids is 2. The largest absolute Gasteiger partial charge is 0.372 e. The quantitative estimate of drug-likeness (QED) is 0.661. The van der Waals surface area contributed by atoms with Gasteiger partial charge in [-0.2, -0.15) is 0 Å². The third-order valence-corrected chi connectivity index (χ3v) is 6.25. The predicted octanol–water partition coefficient (Wildman–Crippen LogP) is 4.85. The van der Waals surface area contributed by atoms with Crippen LogP contribution in [0.25, 0.3) is 5.57 Å². The molecule has 4 rings (SSSR count). The van der Waals surface area contributed by atoms with E-state index in [4.69, 9.17) is 0 Å².